The van der Waals surface area contributed by atoms with Gasteiger partial charge in [-0.3, -0.25) is 14.9 Å². The van der Waals surface area contributed by atoms with Crippen LogP contribution in [0.2, 0.25) is 0 Å². The van der Waals surface area contributed by atoms with Gasteiger partial charge in [-0.2, -0.15) is 0 Å². The van der Waals surface area contributed by atoms with Crippen LogP contribution in [-0.2, 0) is 14.3 Å². The van der Waals surface area contributed by atoms with E-state index in [1.807, 2.05) is 6.07 Å². The Hall–Kier alpha value is -3.26. The van der Waals surface area contributed by atoms with Crippen LogP contribution in [0.15, 0.2) is 58.6 Å². The molecule has 0 radical (unpaired) electrons. The molecule has 0 spiro atoms. The molecule has 142 valence electrons. The van der Waals surface area contributed by atoms with E-state index in [1.165, 1.54) is 30.3 Å². The maximum atomic E-state index is 12.8. The molecule has 1 heterocycles. The molecule has 0 unspecified atom stereocenters. The average molecular weight is 443 g/mol. The highest BCUT2D eigenvalue weighted by atomic mass is 79.9. The summed E-state index contributed by atoms with van der Waals surface area (Å²) in [4.78, 5) is 49.8. The lowest BCUT2D eigenvalue weighted by atomic mass is 10.1. The number of rotatable bonds is 4. The summed E-state index contributed by atoms with van der Waals surface area (Å²) >= 11 is 3.33. The number of hydrogen-bond acceptors (Lipinski definition) is 5. The van der Waals surface area contributed by atoms with Crippen molar-refractivity contribution in [3.8, 4) is 0 Å². The van der Waals surface area contributed by atoms with E-state index in [0.29, 0.717) is 5.56 Å². The molecule has 8 heteroatoms. The van der Waals surface area contributed by atoms with Crippen LogP contribution < -0.4 is 10.2 Å². The molecular weight excluding hydrogens is 428 g/mol. The lowest BCUT2D eigenvalue weighted by molar-refractivity contribution is -0.122. The van der Waals surface area contributed by atoms with Gasteiger partial charge >= 0.3 is 12.0 Å². The van der Waals surface area contributed by atoms with Crippen molar-refractivity contribution in [1.29, 1.82) is 0 Å². The molecule has 3 rings (SSSR count). The van der Waals surface area contributed by atoms with Crippen molar-refractivity contribution in [2.45, 2.75) is 6.92 Å². The van der Waals surface area contributed by atoms with Crippen molar-refractivity contribution < 1.29 is 23.9 Å². The van der Waals surface area contributed by atoms with E-state index in [4.69, 9.17) is 4.74 Å². The molecule has 4 amide bonds. The van der Waals surface area contributed by atoms with Crippen LogP contribution >= 0.6 is 15.9 Å². The van der Waals surface area contributed by atoms with E-state index in [2.05, 4.69) is 21.2 Å². The van der Waals surface area contributed by atoms with Crippen molar-refractivity contribution in [2.24, 2.45) is 0 Å². The van der Waals surface area contributed by atoms with E-state index < -0.39 is 23.8 Å². The third-order valence-corrected chi connectivity index (χ3v) is 4.39. The smallest absolute Gasteiger partial charge is 0.338 e. The number of halogens is 1. The fourth-order valence-electron chi connectivity index (χ4n) is 2.62. The molecule has 2 aromatic rings. The van der Waals surface area contributed by atoms with Crippen molar-refractivity contribution in [1.82, 2.24) is 5.32 Å². The van der Waals surface area contributed by atoms with Gasteiger partial charge in [0.1, 0.15) is 5.57 Å². The molecule has 0 atom stereocenters. The highest BCUT2D eigenvalue weighted by Crippen LogP contribution is 2.23. The molecule has 0 aliphatic carbocycles. The van der Waals surface area contributed by atoms with E-state index in [1.54, 1.807) is 25.1 Å². The summed E-state index contributed by atoms with van der Waals surface area (Å²) in [5.41, 5.74) is 0.964. The van der Waals surface area contributed by atoms with Crippen LogP contribution in [0.4, 0.5) is 10.5 Å². The van der Waals surface area contributed by atoms with Gasteiger partial charge in [0, 0.05) is 4.47 Å². The van der Waals surface area contributed by atoms with Crippen molar-refractivity contribution >= 4 is 51.5 Å². The number of barbiturate groups is 1. The number of nitrogens with zero attached hydrogens (tertiary/aromatic N) is 1. The first-order valence-electron chi connectivity index (χ1n) is 8.35. The number of anilines is 1. The first kappa shape index (κ1) is 19.5. The standard InChI is InChI=1S/C20H15BrN2O5/c1-2-28-19(26)13-6-8-15(9-7-13)23-18(25)16(17(24)22-20(23)27)11-12-4-3-5-14(21)10-12/h3-11H,2H2,1H3,(H,22,24,27)/b16-11+. The summed E-state index contributed by atoms with van der Waals surface area (Å²) in [7, 11) is 0. The van der Waals surface area contributed by atoms with Gasteiger partial charge < -0.3 is 4.74 Å². The van der Waals surface area contributed by atoms with Crippen LogP contribution in [0.5, 0.6) is 0 Å². The summed E-state index contributed by atoms with van der Waals surface area (Å²) in [5.74, 6) is -2.03. The van der Waals surface area contributed by atoms with E-state index in [9.17, 15) is 19.2 Å². The van der Waals surface area contributed by atoms with Crippen molar-refractivity contribution in [3.63, 3.8) is 0 Å². The predicted octanol–water partition coefficient (Wildman–Crippen LogP) is 3.29. The van der Waals surface area contributed by atoms with Gasteiger partial charge in [0.2, 0.25) is 0 Å². The fraction of sp³-hybridized carbons (Fsp3) is 0.100. The second kappa shape index (κ2) is 8.18. The molecule has 2 aromatic carbocycles. The highest BCUT2D eigenvalue weighted by Gasteiger charge is 2.36. The molecule has 7 nitrogen and oxygen atoms in total. The first-order chi connectivity index (χ1) is 13.4. The number of imide groups is 2. The quantitative estimate of drug-likeness (QED) is 0.445. The summed E-state index contributed by atoms with van der Waals surface area (Å²) in [5, 5.41) is 2.16. The highest BCUT2D eigenvalue weighted by molar-refractivity contribution is 9.10. The van der Waals surface area contributed by atoms with Crippen molar-refractivity contribution in [3.05, 3.63) is 69.7 Å². The Bertz CT molecular complexity index is 998. The Morgan fingerprint density at radius 3 is 2.50 bits per heavy atom. The second-order valence-corrected chi connectivity index (χ2v) is 6.70. The molecule has 0 aromatic heterocycles. The molecular formula is C20H15BrN2O5. The molecule has 0 bridgehead atoms. The predicted molar refractivity (Wildman–Crippen MR) is 106 cm³/mol. The second-order valence-electron chi connectivity index (χ2n) is 5.78. The van der Waals surface area contributed by atoms with E-state index in [-0.39, 0.29) is 23.4 Å². The summed E-state index contributed by atoms with van der Waals surface area (Å²) in [6, 6.07) is 12.0. The Morgan fingerprint density at radius 1 is 1.14 bits per heavy atom. The molecule has 1 fully saturated rings. The zero-order valence-electron chi connectivity index (χ0n) is 14.8. The number of hydrogen-bond donors (Lipinski definition) is 1. The molecule has 28 heavy (non-hydrogen) atoms. The summed E-state index contributed by atoms with van der Waals surface area (Å²) in [6.45, 7) is 1.93. The van der Waals surface area contributed by atoms with E-state index in [0.717, 1.165) is 9.37 Å². The topological polar surface area (TPSA) is 92.8 Å². The third kappa shape index (κ3) is 4.01. The number of carbonyl (C=O) groups is 4. The van der Waals surface area contributed by atoms with Gasteiger partial charge in [-0.05, 0) is 55.0 Å². The van der Waals surface area contributed by atoms with E-state index >= 15 is 0 Å². The molecule has 1 aliphatic heterocycles. The fourth-order valence-corrected chi connectivity index (χ4v) is 3.03. The SMILES string of the molecule is CCOC(=O)c1ccc(N2C(=O)NC(=O)/C(=C\c3cccc(Br)c3)C2=O)cc1. The van der Waals surface area contributed by atoms with Crippen LogP contribution in [0.1, 0.15) is 22.8 Å². The van der Waals surface area contributed by atoms with Crippen LogP contribution in [-0.4, -0.2) is 30.4 Å². The van der Waals surface area contributed by atoms with Gasteiger partial charge in [0.05, 0.1) is 17.9 Å². The Balaban J connectivity index is 1.93. The van der Waals surface area contributed by atoms with Crippen molar-refractivity contribution in [2.75, 3.05) is 11.5 Å². The summed E-state index contributed by atoms with van der Waals surface area (Å²) < 4.78 is 5.69. The maximum absolute atomic E-state index is 12.8. The van der Waals surface area contributed by atoms with Crippen LogP contribution in [0.25, 0.3) is 6.08 Å². The number of benzene rings is 2. The Kier molecular flexibility index (Phi) is 5.70. The zero-order valence-corrected chi connectivity index (χ0v) is 16.4. The lowest BCUT2D eigenvalue weighted by Gasteiger charge is -2.26. The number of urea groups is 1. The Labute approximate surface area is 169 Å². The number of nitrogens with one attached hydrogen (secondary N) is 1. The number of carbonyl (C=O) groups excluding carboxylic acids is 4. The van der Waals surface area contributed by atoms with Gasteiger partial charge in [0.25, 0.3) is 11.8 Å². The molecule has 1 aliphatic rings. The van der Waals surface area contributed by atoms with Gasteiger partial charge in [-0.1, -0.05) is 28.1 Å². The third-order valence-electron chi connectivity index (χ3n) is 3.90. The van der Waals surface area contributed by atoms with Gasteiger partial charge in [-0.25, -0.2) is 14.5 Å². The molecule has 1 N–H and O–H groups in total. The average Bonchev–Trinajstić information content (AvgIpc) is 2.66. The van der Waals surface area contributed by atoms with Crippen LogP contribution in [0.3, 0.4) is 0 Å². The Morgan fingerprint density at radius 2 is 1.86 bits per heavy atom. The minimum atomic E-state index is -0.856. The number of ether oxygens (including phenoxy) is 1. The van der Waals surface area contributed by atoms with Crippen LogP contribution in [0, 0.1) is 0 Å². The maximum Gasteiger partial charge on any atom is 0.338 e. The minimum absolute atomic E-state index is 0.174. The molecule has 1 saturated heterocycles. The lowest BCUT2D eigenvalue weighted by Crippen LogP contribution is -2.54. The van der Waals surface area contributed by atoms with Gasteiger partial charge in [0.15, 0.2) is 0 Å². The van der Waals surface area contributed by atoms with Gasteiger partial charge in [-0.15, -0.1) is 0 Å². The molecule has 0 saturated carbocycles. The first-order valence-corrected chi connectivity index (χ1v) is 9.14. The minimum Gasteiger partial charge on any atom is -0.462 e. The monoisotopic (exact) mass is 442 g/mol. The summed E-state index contributed by atoms with van der Waals surface area (Å²) in [6.07, 6.45) is 1.41. The largest absolute Gasteiger partial charge is 0.462 e. The number of amides is 4. The number of esters is 1. The zero-order chi connectivity index (χ0) is 20.3. The normalized spacial score (nSPS) is 15.6.